The van der Waals surface area contributed by atoms with E-state index in [1.165, 1.54) is 0 Å². The van der Waals surface area contributed by atoms with Crippen molar-refractivity contribution in [2.24, 2.45) is 0 Å². The Labute approximate surface area is 69.1 Å². The monoisotopic (exact) mass is 170 g/mol. The van der Waals surface area contributed by atoms with Crippen LogP contribution in [0, 0.1) is 0 Å². The molecule has 0 bridgehead atoms. The molecule has 1 aromatic rings. The summed E-state index contributed by atoms with van der Waals surface area (Å²) >= 11 is 0. The Kier molecular flexibility index (Phi) is 1.83. The summed E-state index contributed by atoms with van der Waals surface area (Å²) in [7, 11) is 0. The number of anilines is 2. The summed E-state index contributed by atoms with van der Waals surface area (Å²) in [6, 6.07) is 0.712. The predicted molar refractivity (Wildman–Crippen MR) is 41.6 cm³/mol. The molecule has 1 unspecified atom stereocenters. The molecule has 0 amide bonds. The fraction of sp³-hybridized carbons (Fsp3) is 0.667. The van der Waals surface area contributed by atoms with Crippen molar-refractivity contribution in [3.8, 4) is 0 Å². The molecule has 66 valence electrons. The summed E-state index contributed by atoms with van der Waals surface area (Å²) in [5.41, 5.74) is 5.24. The van der Waals surface area contributed by atoms with E-state index in [-0.39, 0.29) is 12.1 Å². The van der Waals surface area contributed by atoms with Crippen LogP contribution in [0.4, 0.5) is 12.0 Å². The van der Waals surface area contributed by atoms with Gasteiger partial charge in [-0.3, -0.25) is 0 Å². The Morgan fingerprint density at radius 1 is 1.50 bits per heavy atom. The van der Waals surface area contributed by atoms with Crippen LogP contribution in [0.25, 0.3) is 0 Å². The van der Waals surface area contributed by atoms with Gasteiger partial charge in [-0.2, -0.15) is 0 Å². The normalized spacial score (nSPS) is 22.8. The summed E-state index contributed by atoms with van der Waals surface area (Å²) in [4.78, 5) is 0. The van der Waals surface area contributed by atoms with E-state index in [2.05, 4.69) is 15.5 Å². The molecule has 1 fully saturated rings. The molecule has 6 heteroatoms. The largest absolute Gasteiger partial charge is 0.390 e. The van der Waals surface area contributed by atoms with E-state index in [4.69, 9.17) is 14.9 Å². The third-order valence-corrected chi connectivity index (χ3v) is 1.70. The third kappa shape index (κ3) is 1.48. The highest BCUT2D eigenvalue weighted by Gasteiger charge is 2.17. The van der Waals surface area contributed by atoms with E-state index < -0.39 is 0 Å². The predicted octanol–water partition coefficient (Wildman–Crippen LogP) is -0.147. The van der Waals surface area contributed by atoms with Crippen molar-refractivity contribution in [1.29, 1.82) is 0 Å². The number of ether oxygens (including phenoxy) is 1. The van der Waals surface area contributed by atoms with Gasteiger partial charge in [0.05, 0.1) is 12.6 Å². The first-order valence-electron chi connectivity index (χ1n) is 3.78. The summed E-state index contributed by atoms with van der Waals surface area (Å²) in [6.07, 6.45) is 0.961. The molecule has 1 aromatic heterocycles. The van der Waals surface area contributed by atoms with Gasteiger partial charge >= 0.3 is 12.0 Å². The average molecular weight is 170 g/mol. The van der Waals surface area contributed by atoms with Crippen LogP contribution >= 0.6 is 0 Å². The van der Waals surface area contributed by atoms with Gasteiger partial charge in [0.25, 0.3) is 0 Å². The number of nitrogens with two attached hydrogens (primary N) is 1. The summed E-state index contributed by atoms with van der Waals surface area (Å²) < 4.78 is 10.1. The second-order valence-corrected chi connectivity index (χ2v) is 2.65. The molecular formula is C6H10N4O2. The standard InChI is InChI=1S/C6H10N4O2/c7-5-9-10-6(12-5)8-4-1-2-11-3-4/h4H,1-3H2,(H2,7,9)(H,8,10). The van der Waals surface area contributed by atoms with Gasteiger partial charge in [-0.15, -0.1) is 0 Å². The molecule has 6 nitrogen and oxygen atoms in total. The van der Waals surface area contributed by atoms with Crippen LogP contribution in [0.2, 0.25) is 0 Å². The molecule has 2 heterocycles. The topological polar surface area (TPSA) is 86.2 Å². The lowest BCUT2D eigenvalue weighted by atomic mass is 10.3. The first-order valence-corrected chi connectivity index (χ1v) is 3.78. The zero-order valence-corrected chi connectivity index (χ0v) is 6.49. The molecule has 0 radical (unpaired) electrons. The highest BCUT2D eigenvalue weighted by atomic mass is 16.5. The van der Waals surface area contributed by atoms with E-state index >= 15 is 0 Å². The van der Waals surface area contributed by atoms with Crippen molar-refractivity contribution in [1.82, 2.24) is 10.2 Å². The van der Waals surface area contributed by atoms with Crippen LogP contribution in [-0.2, 0) is 4.74 Å². The van der Waals surface area contributed by atoms with Gasteiger partial charge in [0.1, 0.15) is 0 Å². The molecule has 1 saturated heterocycles. The zero-order chi connectivity index (χ0) is 8.39. The minimum atomic E-state index is 0.0800. The average Bonchev–Trinajstić information content (AvgIpc) is 2.63. The Morgan fingerprint density at radius 3 is 3.00 bits per heavy atom. The van der Waals surface area contributed by atoms with Gasteiger partial charge in [-0.1, -0.05) is 10.2 Å². The molecule has 1 atom stereocenters. The second-order valence-electron chi connectivity index (χ2n) is 2.65. The number of nitrogens with zero attached hydrogens (tertiary/aromatic N) is 2. The van der Waals surface area contributed by atoms with Crippen LogP contribution in [0.1, 0.15) is 6.42 Å². The van der Waals surface area contributed by atoms with Crippen LogP contribution in [0.5, 0.6) is 0 Å². The lowest BCUT2D eigenvalue weighted by molar-refractivity contribution is 0.195. The minimum absolute atomic E-state index is 0.0800. The number of hydrogen-bond acceptors (Lipinski definition) is 6. The van der Waals surface area contributed by atoms with Crippen molar-refractivity contribution in [3.63, 3.8) is 0 Å². The molecule has 0 spiro atoms. The number of nitrogens with one attached hydrogen (secondary N) is 1. The van der Waals surface area contributed by atoms with Crippen LogP contribution in [-0.4, -0.2) is 29.5 Å². The van der Waals surface area contributed by atoms with E-state index in [0.717, 1.165) is 13.0 Å². The van der Waals surface area contributed by atoms with Crippen molar-refractivity contribution >= 4 is 12.0 Å². The Morgan fingerprint density at radius 2 is 2.42 bits per heavy atom. The van der Waals surface area contributed by atoms with Crippen LogP contribution in [0.15, 0.2) is 4.42 Å². The fourth-order valence-corrected chi connectivity index (χ4v) is 1.12. The van der Waals surface area contributed by atoms with Gasteiger partial charge < -0.3 is 20.2 Å². The maximum Gasteiger partial charge on any atom is 0.317 e. The van der Waals surface area contributed by atoms with Crippen molar-refractivity contribution in [2.75, 3.05) is 24.3 Å². The number of aromatic nitrogens is 2. The molecule has 0 aliphatic carbocycles. The molecular weight excluding hydrogens is 160 g/mol. The van der Waals surface area contributed by atoms with Gasteiger partial charge in [0, 0.05) is 6.61 Å². The quantitative estimate of drug-likeness (QED) is 0.642. The summed E-state index contributed by atoms with van der Waals surface area (Å²) in [6.45, 7) is 1.46. The highest BCUT2D eigenvalue weighted by molar-refractivity contribution is 5.24. The Bertz CT molecular complexity index is 256. The van der Waals surface area contributed by atoms with E-state index in [1.807, 2.05) is 0 Å². The molecule has 1 aliphatic rings. The van der Waals surface area contributed by atoms with Crippen LogP contribution in [0.3, 0.4) is 0 Å². The van der Waals surface area contributed by atoms with Crippen molar-refractivity contribution in [2.45, 2.75) is 12.5 Å². The zero-order valence-electron chi connectivity index (χ0n) is 6.49. The molecule has 1 aliphatic heterocycles. The Hall–Kier alpha value is -1.30. The minimum Gasteiger partial charge on any atom is -0.390 e. The number of hydrogen-bond donors (Lipinski definition) is 2. The molecule has 2 rings (SSSR count). The van der Waals surface area contributed by atoms with Crippen LogP contribution < -0.4 is 11.1 Å². The van der Waals surface area contributed by atoms with E-state index in [1.54, 1.807) is 0 Å². The van der Waals surface area contributed by atoms with Crippen molar-refractivity contribution < 1.29 is 9.15 Å². The third-order valence-electron chi connectivity index (χ3n) is 1.70. The summed E-state index contributed by atoms with van der Waals surface area (Å²) in [5.74, 6) is 0. The lowest BCUT2D eigenvalue weighted by Gasteiger charge is -2.05. The van der Waals surface area contributed by atoms with Gasteiger partial charge in [0.15, 0.2) is 0 Å². The van der Waals surface area contributed by atoms with Crippen molar-refractivity contribution in [3.05, 3.63) is 0 Å². The molecule has 12 heavy (non-hydrogen) atoms. The fourth-order valence-electron chi connectivity index (χ4n) is 1.12. The number of rotatable bonds is 2. The number of nitrogen functional groups attached to an aromatic ring is 1. The summed E-state index contributed by atoms with van der Waals surface area (Å²) in [5, 5.41) is 10.2. The maximum absolute atomic E-state index is 5.24. The molecule has 0 aromatic carbocycles. The first-order chi connectivity index (χ1) is 5.84. The van der Waals surface area contributed by atoms with E-state index in [9.17, 15) is 0 Å². The molecule has 3 N–H and O–H groups in total. The second kappa shape index (κ2) is 2.98. The highest BCUT2D eigenvalue weighted by Crippen LogP contribution is 2.12. The first kappa shape index (κ1) is 7.35. The maximum atomic E-state index is 5.24. The van der Waals surface area contributed by atoms with Gasteiger partial charge in [-0.05, 0) is 6.42 Å². The van der Waals surface area contributed by atoms with Gasteiger partial charge in [0.2, 0.25) is 0 Å². The smallest absolute Gasteiger partial charge is 0.317 e. The lowest BCUT2D eigenvalue weighted by Crippen LogP contribution is -2.18. The van der Waals surface area contributed by atoms with E-state index in [0.29, 0.717) is 12.6 Å². The SMILES string of the molecule is Nc1nnc(NC2CCOC2)o1. The molecule has 0 saturated carbocycles. The Balaban J connectivity index is 1.94. The van der Waals surface area contributed by atoms with Gasteiger partial charge in [-0.25, -0.2) is 0 Å².